The van der Waals surface area contributed by atoms with Crippen LogP contribution in [0, 0.1) is 5.82 Å². The van der Waals surface area contributed by atoms with Gasteiger partial charge in [0.25, 0.3) is 0 Å². The molecule has 1 rings (SSSR count). The molecule has 0 spiro atoms. The van der Waals surface area contributed by atoms with Gasteiger partial charge in [-0.1, -0.05) is 6.07 Å². The van der Waals surface area contributed by atoms with Crippen molar-refractivity contribution in [2.45, 2.75) is 19.0 Å². The highest BCUT2D eigenvalue weighted by molar-refractivity contribution is 5.48. The quantitative estimate of drug-likeness (QED) is 0.817. The minimum Gasteiger partial charge on any atom is -0.387 e. The van der Waals surface area contributed by atoms with Crippen LogP contribution in [0.25, 0.3) is 0 Å². The summed E-state index contributed by atoms with van der Waals surface area (Å²) in [6, 6.07) is 3.61. The van der Waals surface area contributed by atoms with Crippen molar-refractivity contribution in [1.82, 2.24) is 0 Å². The summed E-state index contributed by atoms with van der Waals surface area (Å²) >= 11 is 0. The zero-order chi connectivity index (χ0) is 11.6. The Morgan fingerprint density at radius 3 is 2.47 bits per heavy atom. The average Bonchev–Trinajstić information content (AvgIpc) is 2.17. The second kappa shape index (κ2) is 4.10. The fourth-order valence-electron chi connectivity index (χ4n) is 1.21. The van der Waals surface area contributed by atoms with Gasteiger partial charge in [0.05, 0.1) is 11.3 Å². The highest BCUT2D eigenvalue weighted by atomic mass is 19.3. The predicted octanol–water partition coefficient (Wildman–Crippen LogP) is 2.34. The van der Waals surface area contributed by atoms with Crippen molar-refractivity contribution in [3.8, 4) is 0 Å². The molecule has 15 heavy (non-hydrogen) atoms. The van der Waals surface area contributed by atoms with E-state index in [9.17, 15) is 13.2 Å². The molecule has 0 aliphatic heterocycles. The molecular formula is C10H12F3NO. The van der Waals surface area contributed by atoms with Crippen molar-refractivity contribution in [3.63, 3.8) is 0 Å². The molecule has 0 amide bonds. The number of anilines is 1. The van der Waals surface area contributed by atoms with Gasteiger partial charge in [-0.2, -0.15) is 8.78 Å². The number of alkyl halides is 2. The number of hydrogen-bond acceptors (Lipinski definition) is 2. The fraction of sp³-hybridized carbons (Fsp3) is 0.400. The average molecular weight is 219 g/mol. The zero-order valence-corrected chi connectivity index (χ0v) is 8.39. The summed E-state index contributed by atoms with van der Waals surface area (Å²) in [5.74, 6) is -4.62. The largest absolute Gasteiger partial charge is 0.387 e. The van der Waals surface area contributed by atoms with Gasteiger partial charge in [-0.3, -0.25) is 0 Å². The molecule has 0 aromatic heterocycles. The first-order valence-electron chi connectivity index (χ1n) is 4.44. The smallest absolute Gasteiger partial charge is 0.301 e. The van der Waals surface area contributed by atoms with Crippen molar-refractivity contribution in [1.29, 1.82) is 0 Å². The molecule has 2 N–H and O–H groups in total. The summed E-state index contributed by atoms with van der Waals surface area (Å²) in [5.41, 5.74) is -0.822. The molecule has 5 heteroatoms. The van der Waals surface area contributed by atoms with Crippen LogP contribution in [0.5, 0.6) is 0 Å². The van der Waals surface area contributed by atoms with Gasteiger partial charge in [-0.25, -0.2) is 4.39 Å². The summed E-state index contributed by atoms with van der Waals surface area (Å²) in [5, 5.41) is 11.3. The topological polar surface area (TPSA) is 32.3 Å². The molecule has 1 aromatic rings. The Kier molecular flexibility index (Phi) is 3.24. The highest BCUT2D eigenvalue weighted by Crippen LogP contribution is 2.35. The van der Waals surface area contributed by atoms with Crippen LogP contribution in [-0.2, 0) is 5.92 Å². The molecule has 0 aliphatic carbocycles. The van der Waals surface area contributed by atoms with Gasteiger partial charge in [0, 0.05) is 7.05 Å². The van der Waals surface area contributed by atoms with Gasteiger partial charge in [0.2, 0.25) is 0 Å². The van der Waals surface area contributed by atoms with Crippen LogP contribution in [0.4, 0.5) is 18.9 Å². The zero-order valence-electron chi connectivity index (χ0n) is 8.39. The molecule has 84 valence electrons. The lowest BCUT2D eigenvalue weighted by molar-refractivity contribution is -0.108. The highest BCUT2D eigenvalue weighted by Gasteiger charge is 2.40. The van der Waals surface area contributed by atoms with Gasteiger partial charge in [-0.15, -0.1) is 0 Å². The Labute approximate surface area is 85.7 Å². The van der Waals surface area contributed by atoms with Crippen LogP contribution in [0.3, 0.4) is 0 Å². The third-order valence-electron chi connectivity index (χ3n) is 2.15. The van der Waals surface area contributed by atoms with E-state index in [1.165, 1.54) is 19.2 Å². The minimum absolute atomic E-state index is 0.0205. The Hall–Kier alpha value is -1.23. The molecule has 0 fully saturated rings. The van der Waals surface area contributed by atoms with E-state index in [1.807, 2.05) is 0 Å². The van der Waals surface area contributed by atoms with Crippen molar-refractivity contribution >= 4 is 5.69 Å². The Bertz CT molecular complexity index is 353. The standard InChI is InChI=1S/C10H12F3NO/c1-6(15)10(12,13)7-4-3-5-8(14-2)9(7)11/h3-6,14-15H,1-2H3. The minimum atomic E-state index is -3.59. The first kappa shape index (κ1) is 11.8. The summed E-state index contributed by atoms with van der Waals surface area (Å²) in [7, 11) is 1.43. The van der Waals surface area contributed by atoms with Crippen LogP contribution < -0.4 is 5.32 Å². The molecule has 0 aliphatic rings. The number of aliphatic hydroxyl groups is 1. The summed E-state index contributed by atoms with van der Waals surface area (Å²) in [4.78, 5) is 0. The van der Waals surface area contributed by atoms with Crippen LogP contribution in [-0.4, -0.2) is 18.3 Å². The van der Waals surface area contributed by atoms with Gasteiger partial charge < -0.3 is 10.4 Å². The molecule has 1 aromatic carbocycles. The van der Waals surface area contributed by atoms with Crippen molar-refractivity contribution in [2.24, 2.45) is 0 Å². The predicted molar refractivity (Wildman–Crippen MR) is 51.5 cm³/mol. The van der Waals surface area contributed by atoms with Gasteiger partial charge in [0.15, 0.2) is 5.82 Å². The van der Waals surface area contributed by atoms with E-state index >= 15 is 0 Å². The SMILES string of the molecule is CNc1cccc(C(F)(F)C(C)O)c1F. The van der Waals surface area contributed by atoms with E-state index in [0.717, 1.165) is 13.0 Å². The summed E-state index contributed by atoms with van der Waals surface area (Å²) < 4.78 is 40.2. The number of rotatable bonds is 3. The lowest BCUT2D eigenvalue weighted by atomic mass is 10.0. The molecule has 0 bridgehead atoms. The second-order valence-corrected chi connectivity index (χ2v) is 3.22. The van der Waals surface area contributed by atoms with Crippen LogP contribution in [0.15, 0.2) is 18.2 Å². The molecule has 0 saturated heterocycles. The van der Waals surface area contributed by atoms with Crippen molar-refractivity contribution in [3.05, 3.63) is 29.6 Å². The molecule has 0 radical (unpaired) electrons. The van der Waals surface area contributed by atoms with Crippen molar-refractivity contribution < 1.29 is 18.3 Å². The first-order valence-corrected chi connectivity index (χ1v) is 4.44. The van der Waals surface area contributed by atoms with Crippen LogP contribution in [0.2, 0.25) is 0 Å². The Balaban J connectivity index is 3.26. The Morgan fingerprint density at radius 2 is 2.00 bits per heavy atom. The number of hydrogen-bond donors (Lipinski definition) is 2. The van der Waals surface area contributed by atoms with Crippen LogP contribution in [0.1, 0.15) is 12.5 Å². The maximum Gasteiger partial charge on any atom is 0.301 e. The van der Waals surface area contributed by atoms with E-state index in [2.05, 4.69) is 5.32 Å². The van der Waals surface area contributed by atoms with E-state index in [1.54, 1.807) is 0 Å². The monoisotopic (exact) mass is 219 g/mol. The number of aliphatic hydroxyl groups excluding tert-OH is 1. The lowest BCUT2D eigenvalue weighted by Gasteiger charge is -2.21. The van der Waals surface area contributed by atoms with Gasteiger partial charge in [0.1, 0.15) is 6.10 Å². The Morgan fingerprint density at radius 1 is 1.40 bits per heavy atom. The number of nitrogens with one attached hydrogen (secondary N) is 1. The third-order valence-corrected chi connectivity index (χ3v) is 2.15. The van der Waals surface area contributed by atoms with Gasteiger partial charge in [-0.05, 0) is 19.1 Å². The van der Waals surface area contributed by atoms with E-state index in [4.69, 9.17) is 5.11 Å². The molecule has 1 atom stereocenters. The molecule has 2 nitrogen and oxygen atoms in total. The van der Waals surface area contributed by atoms with Crippen LogP contribution >= 0.6 is 0 Å². The fourth-order valence-corrected chi connectivity index (χ4v) is 1.21. The van der Waals surface area contributed by atoms with E-state index in [-0.39, 0.29) is 5.69 Å². The second-order valence-electron chi connectivity index (χ2n) is 3.22. The first-order chi connectivity index (χ1) is 6.91. The number of benzene rings is 1. The molecule has 0 saturated carbocycles. The summed E-state index contributed by atoms with van der Waals surface area (Å²) in [6.45, 7) is 0.922. The van der Waals surface area contributed by atoms with E-state index < -0.39 is 23.4 Å². The third kappa shape index (κ3) is 2.07. The van der Waals surface area contributed by atoms with E-state index in [0.29, 0.717) is 0 Å². The number of halogens is 3. The summed E-state index contributed by atoms with van der Waals surface area (Å²) in [6.07, 6.45) is -1.93. The van der Waals surface area contributed by atoms with Gasteiger partial charge >= 0.3 is 5.92 Å². The maximum atomic E-state index is 13.5. The molecular weight excluding hydrogens is 207 g/mol. The molecule has 1 unspecified atom stereocenters. The molecule has 0 heterocycles. The maximum absolute atomic E-state index is 13.5. The lowest BCUT2D eigenvalue weighted by Crippen LogP contribution is -2.29. The van der Waals surface area contributed by atoms with Crippen molar-refractivity contribution in [2.75, 3.05) is 12.4 Å². The normalized spacial score (nSPS) is 13.7.